The highest BCUT2D eigenvalue weighted by Gasteiger charge is 2.31. The van der Waals surface area contributed by atoms with Gasteiger partial charge < -0.3 is 27.0 Å². The molecule has 0 spiro atoms. The number of aliphatic imine (C=N–C) groups is 1. The van der Waals surface area contributed by atoms with Gasteiger partial charge >= 0.3 is 0 Å². The van der Waals surface area contributed by atoms with Crippen LogP contribution in [0.5, 0.6) is 0 Å². The summed E-state index contributed by atoms with van der Waals surface area (Å²) in [5, 5.41) is 14.9. The van der Waals surface area contributed by atoms with Gasteiger partial charge in [0.25, 0.3) is 5.91 Å². The van der Waals surface area contributed by atoms with Crippen LogP contribution in [0.2, 0.25) is 0 Å². The Balaban J connectivity index is 2.45. The number of amides is 3. The summed E-state index contributed by atoms with van der Waals surface area (Å²) in [4.78, 5) is 40.3. The predicted octanol–water partition coefficient (Wildman–Crippen LogP) is -2.58. The average molecular weight is 354 g/mol. The Morgan fingerprint density at radius 3 is 2.76 bits per heavy atom. The number of hydrogen-bond donors (Lipinski definition) is 6. The number of nitrogens with two attached hydrogens (primary N) is 2. The lowest BCUT2D eigenvalue weighted by Crippen LogP contribution is -2.56. The van der Waals surface area contributed by atoms with Gasteiger partial charge in [-0.15, -0.1) is 0 Å². The zero-order valence-electron chi connectivity index (χ0n) is 14.5. The van der Waals surface area contributed by atoms with Crippen molar-refractivity contribution in [2.24, 2.45) is 16.5 Å². The fourth-order valence-corrected chi connectivity index (χ4v) is 2.28. The minimum absolute atomic E-state index is 0.0873. The van der Waals surface area contributed by atoms with Gasteiger partial charge in [0.2, 0.25) is 17.8 Å². The van der Waals surface area contributed by atoms with Crippen LogP contribution in [-0.4, -0.2) is 66.8 Å². The molecule has 1 aliphatic heterocycles. The lowest BCUT2D eigenvalue weighted by molar-refractivity contribution is -0.138. The molecule has 11 heteroatoms. The number of nitrogens with one attached hydrogen (secondary N) is 4. The normalized spacial score (nSPS) is 17.8. The molecule has 8 N–H and O–H groups in total. The molecule has 0 saturated carbocycles. The van der Waals surface area contributed by atoms with Crippen molar-refractivity contribution in [2.75, 3.05) is 20.1 Å². The van der Waals surface area contributed by atoms with Gasteiger partial charge in [-0.05, 0) is 12.8 Å². The molecule has 0 aromatic heterocycles. The van der Waals surface area contributed by atoms with Gasteiger partial charge in [-0.2, -0.15) is 4.99 Å². The van der Waals surface area contributed by atoms with E-state index >= 15 is 0 Å². The molecule has 0 radical (unpaired) electrons. The molecule has 0 aromatic carbocycles. The monoisotopic (exact) mass is 354 g/mol. The molecule has 25 heavy (non-hydrogen) atoms. The van der Waals surface area contributed by atoms with Gasteiger partial charge in [0.1, 0.15) is 6.04 Å². The third-order valence-corrected chi connectivity index (χ3v) is 3.63. The van der Waals surface area contributed by atoms with Crippen LogP contribution < -0.4 is 27.4 Å². The van der Waals surface area contributed by atoms with Crippen LogP contribution >= 0.6 is 0 Å². The fraction of sp³-hybridized carbons (Fsp3) is 0.643. The van der Waals surface area contributed by atoms with Crippen molar-refractivity contribution in [3.8, 4) is 0 Å². The Labute approximate surface area is 146 Å². The second-order valence-electron chi connectivity index (χ2n) is 5.83. The zero-order chi connectivity index (χ0) is 19.0. The van der Waals surface area contributed by atoms with Crippen molar-refractivity contribution >= 4 is 29.6 Å². The molecule has 1 heterocycles. The second kappa shape index (κ2) is 9.57. The molecule has 3 amide bonds. The van der Waals surface area contributed by atoms with E-state index in [9.17, 15) is 14.4 Å². The highest BCUT2D eigenvalue weighted by atomic mass is 16.2. The first-order chi connectivity index (χ1) is 11.7. The number of guanidine groups is 2. The van der Waals surface area contributed by atoms with E-state index in [1.807, 2.05) is 0 Å². The zero-order valence-corrected chi connectivity index (χ0v) is 14.5. The minimum atomic E-state index is -0.739. The van der Waals surface area contributed by atoms with Crippen molar-refractivity contribution in [1.82, 2.24) is 20.9 Å². The Morgan fingerprint density at radius 1 is 1.52 bits per heavy atom. The maximum atomic E-state index is 12.3. The Bertz CT molecular complexity index is 562. The molecule has 0 bridgehead atoms. The molecule has 0 aliphatic carbocycles. The molecule has 11 nitrogen and oxygen atoms in total. The molecular weight excluding hydrogens is 328 g/mol. The molecule has 0 aromatic rings. The van der Waals surface area contributed by atoms with Crippen molar-refractivity contribution in [1.29, 1.82) is 5.41 Å². The molecule has 140 valence electrons. The third-order valence-electron chi connectivity index (χ3n) is 3.63. The van der Waals surface area contributed by atoms with E-state index in [2.05, 4.69) is 20.9 Å². The van der Waals surface area contributed by atoms with E-state index in [-0.39, 0.29) is 42.7 Å². The molecule has 0 saturated heterocycles. The van der Waals surface area contributed by atoms with Crippen LogP contribution in [0.25, 0.3) is 0 Å². The van der Waals surface area contributed by atoms with E-state index in [0.717, 1.165) is 0 Å². The predicted molar refractivity (Wildman–Crippen MR) is 92.6 cm³/mol. The second-order valence-corrected chi connectivity index (χ2v) is 5.83. The van der Waals surface area contributed by atoms with Crippen molar-refractivity contribution in [3.63, 3.8) is 0 Å². The first kappa shape index (κ1) is 20.4. The average Bonchev–Trinajstić information content (AvgIpc) is 2.50. The van der Waals surface area contributed by atoms with Crippen LogP contribution in [0.4, 0.5) is 0 Å². The van der Waals surface area contributed by atoms with Crippen molar-refractivity contribution in [3.05, 3.63) is 0 Å². The number of carbonyl (C=O) groups excluding carboxylic acids is 3. The maximum Gasteiger partial charge on any atom is 0.273 e. The number of rotatable bonds is 7. The summed E-state index contributed by atoms with van der Waals surface area (Å²) in [6.07, 6.45) is 1.36. The van der Waals surface area contributed by atoms with Gasteiger partial charge in [0.05, 0.1) is 0 Å². The van der Waals surface area contributed by atoms with E-state index in [0.29, 0.717) is 19.4 Å². The minimum Gasteiger partial charge on any atom is -0.370 e. The van der Waals surface area contributed by atoms with Crippen LogP contribution in [0.1, 0.15) is 26.2 Å². The van der Waals surface area contributed by atoms with E-state index in [1.54, 1.807) is 0 Å². The van der Waals surface area contributed by atoms with Gasteiger partial charge in [0, 0.05) is 39.5 Å². The largest absolute Gasteiger partial charge is 0.370 e. The summed E-state index contributed by atoms with van der Waals surface area (Å²) >= 11 is 0. The smallest absolute Gasteiger partial charge is 0.273 e. The Kier molecular flexibility index (Phi) is 7.79. The topological polar surface area (TPSA) is 179 Å². The number of carbonyl (C=O) groups is 3. The van der Waals surface area contributed by atoms with Crippen LogP contribution in [-0.2, 0) is 14.4 Å². The van der Waals surface area contributed by atoms with Crippen molar-refractivity contribution < 1.29 is 14.4 Å². The summed E-state index contributed by atoms with van der Waals surface area (Å²) in [7, 11) is 1.52. The summed E-state index contributed by atoms with van der Waals surface area (Å²) in [6, 6.07) is -1.09. The van der Waals surface area contributed by atoms with Gasteiger partial charge in [-0.3, -0.25) is 25.1 Å². The van der Waals surface area contributed by atoms with E-state index in [4.69, 9.17) is 16.9 Å². The summed E-state index contributed by atoms with van der Waals surface area (Å²) in [5.74, 6) is -1.12. The van der Waals surface area contributed by atoms with Gasteiger partial charge in [-0.25, -0.2) is 0 Å². The molecule has 2 atom stereocenters. The molecule has 1 aliphatic rings. The maximum absolute atomic E-state index is 12.3. The first-order valence-corrected chi connectivity index (χ1v) is 7.93. The molecule has 0 fully saturated rings. The SMILES string of the molecule is CC(=O)NC1=NC(=O)C(N(C)C(=O)C[C@@H](N)CCCNC(=N)N)CN1. The lowest BCUT2D eigenvalue weighted by atomic mass is 10.1. The van der Waals surface area contributed by atoms with E-state index in [1.165, 1.54) is 18.9 Å². The molecule has 1 unspecified atom stereocenters. The standard InChI is InChI=1S/C14H26N8O3/c1-8(23)20-14-19-7-10(12(25)21-14)22(2)11(24)6-9(15)4-3-5-18-13(16)17/h9-10H,3-7,15H2,1-2H3,(H4,16,17,18)(H2,19,20,21,23,25)/t9-,10?/m0/s1. The third kappa shape index (κ3) is 7.16. The molecular formula is C14H26N8O3. The first-order valence-electron chi connectivity index (χ1n) is 7.93. The van der Waals surface area contributed by atoms with Gasteiger partial charge in [-0.1, -0.05) is 0 Å². The van der Waals surface area contributed by atoms with Gasteiger partial charge in [0.15, 0.2) is 5.96 Å². The fourth-order valence-electron chi connectivity index (χ4n) is 2.28. The number of hydrogen-bond acceptors (Lipinski definition) is 6. The summed E-state index contributed by atoms with van der Waals surface area (Å²) in [5.41, 5.74) is 11.1. The summed E-state index contributed by atoms with van der Waals surface area (Å²) < 4.78 is 0. The Morgan fingerprint density at radius 2 is 2.20 bits per heavy atom. The highest BCUT2D eigenvalue weighted by molar-refractivity contribution is 6.05. The molecule has 1 rings (SSSR count). The number of nitrogens with zero attached hydrogens (tertiary/aromatic N) is 2. The van der Waals surface area contributed by atoms with E-state index < -0.39 is 11.9 Å². The lowest BCUT2D eigenvalue weighted by Gasteiger charge is -2.30. The van der Waals surface area contributed by atoms with Crippen molar-refractivity contribution in [2.45, 2.75) is 38.3 Å². The quantitative estimate of drug-likeness (QED) is 0.165. The van der Waals surface area contributed by atoms with Crippen LogP contribution in [0, 0.1) is 5.41 Å². The summed E-state index contributed by atoms with van der Waals surface area (Å²) in [6.45, 7) is 1.99. The Hall–Kier alpha value is -2.69. The van der Waals surface area contributed by atoms with Crippen LogP contribution in [0.15, 0.2) is 4.99 Å². The highest BCUT2D eigenvalue weighted by Crippen LogP contribution is 2.08. The van der Waals surface area contributed by atoms with Crippen LogP contribution in [0.3, 0.4) is 0 Å². The number of likely N-dealkylation sites (N-methyl/N-ethyl adjacent to an activating group) is 1.